The minimum Gasteiger partial charge on any atom is -0.325 e. The van der Waals surface area contributed by atoms with Gasteiger partial charge in [0.25, 0.3) is 0 Å². The van der Waals surface area contributed by atoms with Gasteiger partial charge in [-0.3, -0.25) is 5.10 Å². The second-order valence-corrected chi connectivity index (χ2v) is 9.35. The number of H-pyrrole nitrogens is 2. The molecule has 0 radical (unpaired) electrons. The van der Waals surface area contributed by atoms with E-state index in [-0.39, 0.29) is 17.8 Å². The Labute approximate surface area is 191 Å². The maximum atomic E-state index is 15.1. The zero-order valence-electron chi connectivity index (χ0n) is 17.3. The number of halogens is 2. The second kappa shape index (κ2) is 7.01. The molecule has 3 aliphatic carbocycles. The van der Waals surface area contributed by atoms with E-state index < -0.39 is 0 Å². The molecule has 5 aromatic rings. The Balaban J connectivity index is 1.41. The predicted molar refractivity (Wildman–Crippen MR) is 117 cm³/mol. The van der Waals surface area contributed by atoms with E-state index >= 15 is 4.39 Å². The Morgan fingerprint density at radius 2 is 1.88 bits per heavy atom. The smallest absolute Gasteiger partial charge is 0.182 e. The molecule has 166 valence electrons. The van der Waals surface area contributed by atoms with Gasteiger partial charge in [-0.2, -0.15) is 5.10 Å². The summed E-state index contributed by atoms with van der Waals surface area (Å²) >= 11 is 6.14. The first-order valence-electron chi connectivity index (χ1n) is 10.9. The van der Waals surface area contributed by atoms with Crippen LogP contribution in [0, 0.1) is 17.7 Å². The van der Waals surface area contributed by atoms with E-state index in [2.05, 4.69) is 40.8 Å². The van der Waals surface area contributed by atoms with Crippen molar-refractivity contribution in [2.45, 2.75) is 37.6 Å². The van der Waals surface area contributed by atoms with Crippen molar-refractivity contribution in [2.24, 2.45) is 11.8 Å². The molecular formula is C21H18ClFN10. The number of pyridine rings is 1. The molecule has 3 fully saturated rings. The molecule has 0 saturated heterocycles. The molecular weight excluding hydrogens is 447 g/mol. The number of hydrogen-bond donors (Lipinski definition) is 2. The van der Waals surface area contributed by atoms with Crippen LogP contribution in [0.2, 0.25) is 5.02 Å². The Morgan fingerprint density at radius 1 is 1.03 bits per heavy atom. The Hall–Kier alpha value is -3.47. The fourth-order valence-electron chi connectivity index (χ4n) is 5.89. The lowest BCUT2D eigenvalue weighted by Crippen LogP contribution is -2.40. The van der Waals surface area contributed by atoms with Crippen molar-refractivity contribution in [1.82, 2.24) is 50.3 Å². The Bertz CT molecular complexity index is 1480. The van der Waals surface area contributed by atoms with Gasteiger partial charge in [0.15, 0.2) is 23.1 Å². The van der Waals surface area contributed by atoms with Gasteiger partial charge in [-0.15, -0.1) is 5.10 Å². The molecule has 3 saturated carbocycles. The first-order valence-corrected chi connectivity index (χ1v) is 11.3. The van der Waals surface area contributed by atoms with Gasteiger partial charge in [-0.25, -0.2) is 24.4 Å². The Morgan fingerprint density at radius 3 is 2.70 bits per heavy atom. The highest BCUT2D eigenvalue weighted by atomic mass is 35.5. The minimum atomic E-state index is -0.343. The van der Waals surface area contributed by atoms with Crippen LogP contribution in [0.1, 0.15) is 43.5 Å². The molecule has 0 amide bonds. The van der Waals surface area contributed by atoms with Crippen LogP contribution in [0.25, 0.3) is 33.6 Å². The van der Waals surface area contributed by atoms with Crippen molar-refractivity contribution in [2.75, 3.05) is 0 Å². The zero-order valence-corrected chi connectivity index (χ0v) is 18.0. The molecule has 8 rings (SSSR count). The van der Waals surface area contributed by atoms with Crippen molar-refractivity contribution in [3.05, 3.63) is 41.3 Å². The lowest BCUT2D eigenvalue weighted by molar-refractivity contribution is 0.0724. The van der Waals surface area contributed by atoms with Gasteiger partial charge >= 0.3 is 0 Å². The quantitative estimate of drug-likeness (QED) is 0.415. The van der Waals surface area contributed by atoms with E-state index in [0.29, 0.717) is 50.4 Å². The number of nitrogens with one attached hydrogen (secondary N) is 2. The SMILES string of the molecule is Fc1cn([C@@H]2C3CCC(CC3)[C@H]2c2nnn[nH]2)c2nc(-c3n[nH]c4ncc(Cl)cc34)ncc12. The average molecular weight is 465 g/mol. The molecule has 2 atom stereocenters. The summed E-state index contributed by atoms with van der Waals surface area (Å²) in [5.74, 6) is 1.72. The van der Waals surface area contributed by atoms with Crippen LogP contribution >= 0.6 is 11.6 Å². The fourth-order valence-corrected chi connectivity index (χ4v) is 6.05. The molecule has 0 spiro atoms. The molecule has 0 unspecified atom stereocenters. The first kappa shape index (κ1) is 19.0. The third-order valence-corrected chi connectivity index (χ3v) is 7.50. The second-order valence-electron chi connectivity index (χ2n) is 8.91. The van der Waals surface area contributed by atoms with Gasteiger partial charge < -0.3 is 4.57 Å². The van der Waals surface area contributed by atoms with Gasteiger partial charge in [0.2, 0.25) is 0 Å². The molecule has 0 aliphatic heterocycles. The summed E-state index contributed by atoms with van der Waals surface area (Å²) in [4.78, 5) is 13.5. The highest BCUT2D eigenvalue weighted by Gasteiger charge is 2.47. The maximum Gasteiger partial charge on any atom is 0.182 e. The summed E-state index contributed by atoms with van der Waals surface area (Å²) in [6.45, 7) is 0. The van der Waals surface area contributed by atoms with Crippen LogP contribution in [-0.4, -0.2) is 50.3 Å². The molecule has 5 aromatic heterocycles. The van der Waals surface area contributed by atoms with Crippen LogP contribution in [0.5, 0.6) is 0 Å². The molecule has 5 heterocycles. The van der Waals surface area contributed by atoms with Gasteiger partial charge in [0.05, 0.1) is 15.8 Å². The summed E-state index contributed by atoms with van der Waals surface area (Å²) < 4.78 is 17.0. The topological polar surface area (TPSA) is 127 Å². The Kier molecular flexibility index (Phi) is 4.05. The largest absolute Gasteiger partial charge is 0.325 e. The van der Waals surface area contributed by atoms with E-state index in [4.69, 9.17) is 16.6 Å². The van der Waals surface area contributed by atoms with Gasteiger partial charge in [-0.05, 0) is 54.0 Å². The number of rotatable bonds is 3. The number of aromatic nitrogens is 10. The molecule has 10 nitrogen and oxygen atoms in total. The van der Waals surface area contributed by atoms with E-state index in [1.165, 1.54) is 6.20 Å². The molecule has 0 aromatic carbocycles. The summed E-state index contributed by atoms with van der Waals surface area (Å²) in [5.41, 5.74) is 1.65. The van der Waals surface area contributed by atoms with Crippen LogP contribution in [-0.2, 0) is 0 Å². The maximum absolute atomic E-state index is 15.1. The first-order chi connectivity index (χ1) is 16.2. The minimum absolute atomic E-state index is 0.00837. The third kappa shape index (κ3) is 2.81. The molecule has 2 N–H and O–H groups in total. The van der Waals surface area contributed by atoms with E-state index in [0.717, 1.165) is 31.5 Å². The number of fused-ring (bicyclic) bond motifs is 5. The van der Waals surface area contributed by atoms with Crippen molar-refractivity contribution in [1.29, 1.82) is 0 Å². The van der Waals surface area contributed by atoms with Gasteiger partial charge in [-0.1, -0.05) is 11.6 Å². The molecule has 2 bridgehead atoms. The van der Waals surface area contributed by atoms with Crippen molar-refractivity contribution in [3.8, 4) is 11.5 Å². The van der Waals surface area contributed by atoms with E-state index in [1.54, 1.807) is 18.5 Å². The predicted octanol–water partition coefficient (Wildman–Crippen LogP) is 3.82. The normalized spacial score (nSPS) is 24.8. The average Bonchev–Trinajstić information content (AvgIpc) is 3.58. The summed E-state index contributed by atoms with van der Waals surface area (Å²) in [6, 6.07) is 1.78. The van der Waals surface area contributed by atoms with Crippen LogP contribution in [0.4, 0.5) is 4.39 Å². The van der Waals surface area contributed by atoms with Gasteiger partial charge in [0.1, 0.15) is 11.3 Å². The molecule has 12 heteroatoms. The number of tetrazole rings is 1. The van der Waals surface area contributed by atoms with E-state index in [1.807, 2.05) is 4.57 Å². The molecule has 33 heavy (non-hydrogen) atoms. The summed E-state index contributed by atoms with van der Waals surface area (Å²) in [7, 11) is 0. The molecule has 3 aliphatic rings. The van der Waals surface area contributed by atoms with Crippen LogP contribution < -0.4 is 0 Å². The van der Waals surface area contributed by atoms with Crippen LogP contribution in [0.15, 0.2) is 24.7 Å². The summed E-state index contributed by atoms with van der Waals surface area (Å²) in [6.07, 6.45) is 9.07. The van der Waals surface area contributed by atoms with Crippen molar-refractivity contribution in [3.63, 3.8) is 0 Å². The van der Waals surface area contributed by atoms with Crippen molar-refractivity contribution < 1.29 is 4.39 Å². The number of hydrogen-bond acceptors (Lipinski definition) is 7. The lowest BCUT2D eigenvalue weighted by Gasteiger charge is -2.48. The monoisotopic (exact) mass is 464 g/mol. The zero-order chi connectivity index (χ0) is 22.1. The fraction of sp³-hybridized carbons (Fsp3) is 0.381. The highest BCUT2D eigenvalue weighted by molar-refractivity contribution is 6.31. The van der Waals surface area contributed by atoms with E-state index in [9.17, 15) is 0 Å². The number of aromatic amines is 2. The number of nitrogens with zero attached hydrogens (tertiary/aromatic N) is 8. The lowest BCUT2D eigenvalue weighted by atomic mass is 9.61. The van der Waals surface area contributed by atoms with Gasteiger partial charge in [0, 0.05) is 30.6 Å². The van der Waals surface area contributed by atoms with Crippen molar-refractivity contribution >= 4 is 33.7 Å². The standard InChI is InChI=1S/C21H18ClFN10/c22-11-5-12-16(27-28-18(12)24-6-11)20-25-7-13-14(23)8-33(21(13)26-20)17-10-3-1-9(2-4-10)15(17)19-29-31-32-30-19/h5-10,15,17H,1-4H2,(H,24,27,28)(H,29,30,31,32)/t9?,10?,15-,17-/m1/s1. The third-order valence-electron chi connectivity index (χ3n) is 7.29. The van der Waals surface area contributed by atoms with Crippen LogP contribution in [0.3, 0.4) is 0 Å². The highest BCUT2D eigenvalue weighted by Crippen LogP contribution is 2.55. The summed E-state index contributed by atoms with van der Waals surface area (Å²) in [5, 5.41) is 23.6.